The molecule has 1 N–H and O–H groups in total. The van der Waals surface area contributed by atoms with Gasteiger partial charge in [0, 0.05) is 30.0 Å². The highest BCUT2D eigenvalue weighted by Crippen LogP contribution is 2.41. The van der Waals surface area contributed by atoms with Crippen LogP contribution < -0.4 is 5.32 Å². The molecular weight excluding hydrogens is 346 g/mol. The zero-order valence-electron chi connectivity index (χ0n) is 15.0. The predicted octanol–water partition coefficient (Wildman–Crippen LogP) is 3.42. The molecule has 0 aliphatic heterocycles. The van der Waals surface area contributed by atoms with E-state index >= 15 is 0 Å². The highest BCUT2D eigenvalue weighted by atomic mass is 32.1. The summed E-state index contributed by atoms with van der Waals surface area (Å²) >= 11 is 1.70. The molecule has 26 heavy (non-hydrogen) atoms. The lowest BCUT2D eigenvalue weighted by Crippen LogP contribution is -2.23. The summed E-state index contributed by atoms with van der Waals surface area (Å²) in [5.41, 5.74) is 4.27. The Labute approximate surface area is 155 Å². The number of carbonyl (C=O) groups is 1. The molecule has 134 valence electrons. The number of rotatable bonds is 5. The molecule has 1 amide bonds. The van der Waals surface area contributed by atoms with Crippen molar-refractivity contribution < 1.29 is 4.79 Å². The molecule has 0 bridgehead atoms. The van der Waals surface area contributed by atoms with Crippen molar-refractivity contribution in [1.29, 1.82) is 0 Å². The predicted molar refractivity (Wildman–Crippen MR) is 100 cm³/mol. The van der Waals surface area contributed by atoms with E-state index in [2.05, 4.69) is 20.8 Å². The maximum Gasteiger partial charge on any atom is 0.252 e. The lowest BCUT2D eigenvalue weighted by Gasteiger charge is -2.08. The number of nitrogens with zero attached hydrogens (tertiary/aromatic N) is 4. The fourth-order valence-corrected chi connectivity index (χ4v) is 4.41. The van der Waals surface area contributed by atoms with Crippen LogP contribution in [0.15, 0.2) is 11.4 Å². The maximum atomic E-state index is 12.9. The summed E-state index contributed by atoms with van der Waals surface area (Å²) in [5, 5.41) is 11.6. The Morgan fingerprint density at radius 1 is 1.27 bits per heavy atom. The molecule has 0 aromatic carbocycles. The minimum absolute atomic E-state index is 0.0728. The number of aromatic nitrogens is 4. The van der Waals surface area contributed by atoms with E-state index in [1.165, 1.54) is 17.8 Å². The molecule has 3 heterocycles. The first kappa shape index (κ1) is 15.9. The quantitative estimate of drug-likeness (QED) is 0.750. The Balaban J connectivity index is 1.43. The monoisotopic (exact) mass is 367 g/mol. The Morgan fingerprint density at radius 3 is 2.77 bits per heavy atom. The van der Waals surface area contributed by atoms with Crippen LogP contribution >= 0.6 is 11.3 Å². The molecule has 3 aromatic heterocycles. The van der Waals surface area contributed by atoms with Crippen LogP contribution in [0.25, 0.3) is 11.0 Å². The van der Waals surface area contributed by atoms with E-state index in [0.29, 0.717) is 23.9 Å². The topological polar surface area (TPSA) is 72.7 Å². The van der Waals surface area contributed by atoms with Crippen molar-refractivity contribution in [2.24, 2.45) is 7.05 Å². The lowest BCUT2D eigenvalue weighted by molar-refractivity contribution is 0.0952. The van der Waals surface area contributed by atoms with Gasteiger partial charge in [0.25, 0.3) is 5.91 Å². The number of hydrogen-bond acceptors (Lipinski definition) is 5. The van der Waals surface area contributed by atoms with Crippen molar-refractivity contribution in [3.8, 4) is 0 Å². The van der Waals surface area contributed by atoms with Crippen molar-refractivity contribution in [2.45, 2.75) is 51.0 Å². The van der Waals surface area contributed by atoms with Crippen LogP contribution in [0, 0.1) is 6.92 Å². The van der Waals surface area contributed by atoms with Gasteiger partial charge in [0.15, 0.2) is 5.65 Å². The molecule has 3 aromatic rings. The zero-order chi connectivity index (χ0) is 17.8. The Bertz CT molecular complexity index is 1010. The van der Waals surface area contributed by atoms with Crippen molar-refractivity contribution in [2.75, 3.05) is 0 Å². The van der Waals surface area contributed by atoms with Crippen molar-refractivity contribution in [3.63, 3.8) is 0 Å². The van der Waals surface area contributed by atoms with E-state index in [-0.39, 0.29) is 5.91 Å². The molecule has 0 radical (unpaired) electrons. The average molecular weight is 367 g/mol. The van der Waals surface area contributed by atoms with Crippen molar-refractivity contribution in [3.05, 3.63) is 39.1 Å². The number of carbonyl (C=O) groups excluding carboxylic acids is 1. The highest BCUT2D eigenvalue weighted by Gasteiger charge is 2.29. The van der Waals surface area contributed by atoms with Gasteiger partial charge in [-0.25, -0.2) is 9.97 Å². The van der Waals surface area contributed by atoms with E-state index in [4.69, 9.17) is 4.98 Å². The molecule has 0 atom stereocenters. The molecule has 6 nitrogen and oxygen atoms in total. The van der Waals surface area contributed by atoms with Gasteiger partial charge in [0.05, 0.1) is 33.9 Å². The van der Waals surface area contributed by atoms with Crippen molar-refractivity contribution in [1.82, 2.24) is 25.1 Å². The zero-order valence-corrected chi connectivity index (χ0v) is 15.8. The molecule has 2 aliphatic carbocycles. The van der Waals surface area contributed by atoms with Gasteiger partial charge >= 0.3 is 0 Å². The van der Waals surface area contributed by atoms with Crippen LogP contribution in [0.2, 0.25) is 0 Å². The van der Waals surface area contributed by atoms with Gasteiger partial charge in [-0.3, -0.25) is 9.48 Å². The Morgan fingerprint density at radius 2 is 2.04 bits per heavy atom. The number of hydrogen-bond donors (Lipinski definition) is 1. The van der Waals surface area contributed by atoms with E-state index in [9.17, 15) is 4.79 Å². The van der Waals surface area contributed by atoms with E-state index < -0.39 is 0 Å². The number of nitrogens with one attached hydrogen (secondary N) is 1. The summed E-state index contributed by atoms with van der Waals surface area (Å²) in [7, 11) is 1.88. The third-order valence-electron chi connectivity index (χ3n) is 5.15. The van der Waals surface area contributed by atoms with Crippen LogP contribution in [0.3, 0.4) is 0 Å². The second-order valence-electron chi connectivity index (χ2n) is 7.41. The third-order valence-corrected chi connectivity index (χ3v) is 6.21. The van der Waals surface area contributed by atoms with Gasteiger partial charge in [0.2, 0.25) is 0 Å². The number of pyridine rings is 1. The van der Waals surface area contributed by atoms with Gasteiger partial charge < -0.3 is 5.32 Å². The summed E-state index contributed by atoms with van der Waals surface area (Å²) in [6, 6.07) is 1.96. The van der Waals surface area contributed by atoms with Gasteiger partial charge in [-0.1, -0.05) is 0 Å². The molecule has 2 saturated carbocycles. The standard InChI is InChI=1S/C19H21N5OS/c1-10-16-14(7-15(11-3-4-11)22-17(16)24(2)23-10)18(25)20-8-13-9-26-19(21-13)12-5-6-12/h7,9,11-12H,3-6,8H2,1-2H3,(H,20,25). The first-order chi connectivity index (χ1) is 12.6. The molecule has 0 unspecified atom stereocenters. The number of aryl methyl sites for hydroxylation is 2. The second-order valence-corrected chi connectivity index (χ2v) is 8.30. The van der Waals surface area contributed by atoms with Crippen LogP contribution in [0.5, 0.6) is 0 Å². The highest BCUT2D eigenvalue weighted by molar-refractivity contribution is 7.09. The average Bonchev–Trinajstić information content (AvgIpc) is 3.56. The van der Waals surface area contributed by atoms with Crippen LogP contribution in [-0.4, -0.2) is 25.7 Å². The Hall–Kier alpha value is -2.28. The van der Waals surface area contributed by atoms with Gasteiger partial charge in [-0.15, -0.1) is 11.3 Å². The SMILES string of the molecule is Cc1nn(C)c2nc(C3CC3)cc(C(=O)NCc3csc(C4CC4)n3)c12. The molecule has 7 heteroatoms. The summed E-state index contributed by atoms with van der Waals surface area (Å²) in [6.45, 7) is 2.39. The van der Waals surface area contributed by atoms with Gasteiger partial charge in [-0.05, 0) is 38.7 Å². The van der Waals surface area contributed by atoms with E-state index in [1.807, 2.05) is 20.0 Å². The van der Waals surface area contributed by atoms with E-state index in [1.54, 1.807) is 16.0 Å². The van der Waals surface area contributed by atoms with Crippen LogP contribution in [0.4, 0.5) is 0 Å². The fraction of sp³-hybridized carbons (Fsp3) is 0.474. The lowest BCUT2D eigenvalue weighted by atomic mass is 10.1. The minimum atomic E-state index is -0.0728. The fourth-order valence-electron chi connectivity index (χ4n) is 3.42. The Kier molecular flexibility index (Phi) is 3.60. The normalized spacial score (nSPS) is 17.0. The van der Waals surface area contributed by atoms with E-state index in [0.717, 1.165) is 41.0 Å². The molecule has 0 saturated heterocycles. The minimum Gasteiger partial charge on any atom is -0.346 e. The molecule has 2 fully saturated rings. The van der Waals surface area contributed by atoms with Gasteiger partial charge in [0.1, 0.15) is 0 Å². The summed E-state index contributed by atoms with van der Waals surface area (Å²) in [4.78, 5) is 22.4. The molecule has 5 rings (SSSR count). The first-order valence-electron chi connectivity index (χ1n) is 9.17. The molecule has 2 aliphatic rings. The summed E-state index contributed by atoms with van der Waals surface area (Å²) in [5.74, 6) is 1.07. The molecule has 0 spiro atoms. The maximum absolute atomic E-state index is 12.9. The number of amides is 1. The number of thiazole rings is 1. The van der Waals surface area contributed by atoms with Gasteiger partial charge in [-0.2, -0.15) is 5.10 Å². The third kappa shape index (κ3) is 2.80. The van der Waals surface area contributed by atoms with Crippen LogP contribution in [-0.2, 0) is 13.6 Å². The largest absolute Gasteiger partial charge is 0.346 e. The summed E-state index contributed by atoms with van der Waals surface area (Å²) < 4.78 is 1.77. The molecular formula is C19H21N5OS. The van der Waals surface area contributed by atoms with Crippen molar-refractivity contribution >= 4 is 28.3 Å². The van der Waals surface area contributed by atoms with Crippen LogP contribution in [0.1, 0.15) is 70.0 Å². The summed E-state index contributed by atoms with van der Waals surface area (Å²) in [6.07, 6.45) is 4.80. The second kappa shape index (κ2) is 5.87. The number of fused-ring (bicyclic) bond motifs is 1. The first-order valence-corrected chi connectivity index (χ1v) is 10.0. The smallest absolute Gasteiger partial charge is 0.252 e.